The molecule has 2 aromatic carbocycles. The van der Waals surface area contributed by atoms with Crippen LogP contribution in [0.25, 0.3) is 10.8 Å². The molecular formula is C22H25N5O4. The summed E-state index contributed by atoms with van der Waals surface area (Å²) in [5.41, 5.74) is -1.36. The van der Waals surface area contributed by atoms with Crippen LogP contribution in [0.5, 0.6) is 0 Å². The maximum Gasteiger partial charge on any atom is 0.326 e. The Hall–Kier alpha value is -3.62. The highest BCUT2D eigenvalue weighted by atomic mass is 16.2. The van der Waals surface area contributed by atoms with Crippen LogP contribution in [-0.2, 0) is 9.59 Å². The summed E-state index contributed by atoms with van der Waals surface area (Å²) in [4.78, 5) is 54.3. The van der Waals surface area contributed by atoms with E-state index in [1.165, 1.54) is 0 Å². The molecule has 2 aromatic rings. The van der Waals surface area contributed by atoms with E-state index >= 15 is 0 Å². The van der Waals surface area contributed by atoms with E-state index in [1.807, 2.05) is 42.5 Å². The van der Waals surface area contributed by atoms with Crippen LogP contribution in [0.3, 0.4) is 0 Å². The zero-order valence-electron chi connectivity index (χ0n) is 17.9. The maximum atomic E-state index is 12.7. The summed E-state index contributed by atoms with van der Waals surface area (Å²) >= 11 is 0. The Kier molecular flexibility index (Phi) is 4.64. The molecule has 2 saturated heterocycles. The van der Waals surface area contributed by atoms with E-state index in [0.717, 1.165) is 20.6 Å². The number of nitrogens with one attached hydrogen (secondary N) is 2. The van der Waals surface area contributed by atoms with Crippen molar-refractivity contribution < 1.29 is 19.2 Å². The monoisotopic (exact) mass is 423 g/mol. The summed E-state index contributed by atoms with van der Waals surface area (Å²) in [5.74, 6) is -0.748. The number of amides is 6. The number of fused-ring (bicyclic) bond motifs is 1. The van der Waals surface area contributed by atoms with Crippen LogP contribution in [0.15, 0.2) is 42.5 Å². The molecule has 0 atom stereocenters. The first-order valence-corrected chi connectivity index (χ1v) is 10.0. The number of anilines is 1. The Morgan fingerprint density at radius 3 is 1.68 bits per heavy atom. The first kappa shape index (κ1) is 20.6. The molecule has 2 heterocycles. The third-order valence-corrected chi connectivity index (χ3v) is 5.61. The van der Waals surface area contributed by atoms with Crippen LogP contribution in [0, 0.1) is 0 Å². The summed E-state index contributed by atoms with van der Waals surface area (Å²) in [6, 6.07) is 12.4. The van der Waals surface area contributed by atoms with Crippen molar-refractivity contribution in [3.05, 3.63) is 42.5 Å². The molecule has 162 valence electrons. The molecule has 2 N–H and O–H groups in total. The van der Waals surface area contributed by atoms with E-state index in [4.69, 9.17) is 0 Å². The standard InChI is InChI=1S/C22H25N5O4/c1-21(2)17(28)26(19(30)23-21)12-25(13-27-18(29)22(3,4)24-20(27)31)16-10-9-14-7-5-6-8-15(14)11-16/h5-11H,12-13H2,1-4H3,(H,23,30)(H,24,31). The number of hydrogen-bond acceptors (Lipinski definition) is 5. The average Bonchev–Trinajstić information content (AvgIpc) is 3.02. The normalized spacial score (nSPS) is 19.7. The minimum atomic E-state index is -1.02. The van der Waals surface area contributed by atoms with Crippen LogP contribution in [0.1, 0.15) is 27.7 Å². The lowest BCUT2D eigenvalue weighted by Crippen LogP contribution is -2.49. The van der Waals surface area contributed by atoms with E-state index in [2.05, 4.69) is 10.6 Å². The van der Waals surface area contributed by atoms with Crippen LogP contribution in [0.2, 0.25) is 0 Å². The highest BCUT2D eigenvalue weighted by molar-refractivity contribution is 6.07. The quantitative estimate of drug-likeness (QED) is 0.718. The lowest BCUT2D eigenvalue weighted by Gasteiger charge is -2.31. The number of urea groups is 2. The molecule has 0 radical (unpaired) electrons. The molecule has 6 amide bonds. The van der Waals surface area contributed by atoms with Crippen LogP contribution < -0.4 is 15.5 Å². The van der Waals surface area contributed by atoms with E-state index < -0.39 is 23.1 Å². The number of hydrogen-bond donors (Lipinski definition) is 2. The van der Waals surface area contributed by atoms with Crippen molar-refractivity contribution in [1.29, 1.82) is 0 Å². The summed E-state index contributed by atoms with van der Waals surface area (Å²) < 4.78 is 0. The fraction of sp³-hybridized carbons (Fsp3) is 0.364. The van der Waals surface area contributed by atoms with E-state index in [9.17, 15) is 19.2 Å². The van der Waals surface area contributed by atoms with Gasteiger partial charge in [-0.15, -0.1) is 0 Å². The number of nitrogens with zero attached hydrogens (tertiary/aromatic N) is 3. The molecule has 0 bridgehead atoms. The number of benzene rings is 2. The number of carbonyl (C=O) groups is 4. The molecule has 9 nitrogen and oxygen atoms in total. The van der Waals surface area contributed by atoms with Gasteiger partial charge in [-0.3, -0.25) is 9.59 Å². The Labute approximate surface area is 180 Å². The third kappa shape index (κ3) is 3.56. The minimum absolute atomic E-state index is 0.107. The van der Waals surface area contributed by atoms with Crippen molar-refractivity contribution in [2.45, 2.75) is 38.8 Å². The predicted octanol–water partition coefficient (Wildman–Crippen LogP) is 2.22. The molecular weight excluding hydrogens is 398 g/mol. The first-order chi connectivity index (χ1) is 14.5. The lowest BCUT2D eigenvalue weighted by atomic mass is 10.1. The van der Waals surface area contributed by atoms with Crippen molar-refractivity contribution in [1.82, 2.24) is 20.4 Å². The van der Waals surface area contributed by atoms with Gasteiger partial charge in [-0.2, -0.15) is 0 Å². The average molecular weight is 423 g/mol. The fourth-order valence-corrected chi connectivity index (χ4v) is 3.82. The second-order valence-electron chi connectivity index (χ2n) is 8.93. The number of rotatable bonds is 5. The van der Waals surface area contributed by atoms with Gasteiger partial charge in [-0.25, -0.2) is 19.4 Å². The van der Waals surface area contributed by atoms with Gasteiger partial charge in [0.2, 0.25) is 0 Å². The van der Waals surface area contributed by atoms with Gasteiger partial charge in [0.25, 0.3) is 11.8 Å². The first-order valence-electron chi connectivity index (χ1n) is 10.0. The molecule has 0 unspecified atom stereocenters. The predicted molar refractivity (Wildman–Crippen MR) is 115 cm³/mol. The van der Waals surface area contributed by atoms with Gasteiger partial charge in [-0.05, 0) is 50.6 Å². The largest absolute Gasteiger partial charge is 0.335 e. The smallest absolute Gasteiger partial charge is 0.326 e. The molecule has 0 aromatic heterocycles. The Morgan fingerprint density at radius 2 is 1.23 bits per heavy atom. The third-order valence-electron chi connectivity index (χ3n) is 5.61. The molecule has 2 fully saturated rings. The highest BCUT2D eigenvalue weighted by Gasteiger charge is 2.47. The summed E-state index contributed by atoms with van der Waals surface area (Å²) in [6.07, 6.45) is 0. The molecule has 2 aliphatic heterocycles. The minimum Gasteiger partial charge on any atom is -0.335 e. The van der Waals surface area contributed by atoms with Crippen LogP contribution >= 0.6 is 0 Å². The summed E-state index contributed by atoms with van der Waals surface area (Å²) in [5, 5.41) is 7.29. The summed E-state index contributed by atoms with van der Waals surface area (Å²) in [7, 11) is 0. The second kappa shape index (κ2) is 6.97. The van der Waals surface area contributed by atoms with Gasteiger partial charge in [0, 0.05) is 5.69 Å². The molecule has 2 aliphatic rings. The van der Waals surface area contributed by atoms with Crippen molar-refractivity contribution in [3.8, 4) is 0 Å². The van der Waals surface area contributed by atoms with E-state index in [1.54, 1.807) is 32.6 Å². The van der Waals surface area contributed by atoms with Crippen molar-refractivity contribution in [2.75, 3.05) is 18.2 Å². The zero-order valence-corrected chi connectivity index (χ0v) is 17.9. The topological polar surface area (TPSA) is 102 Å². The Balaban J connectivity index is 1.70. The van der Waals surface area contributed by atoms with E-state index in [-0.39, 0.29) is 25.2 Å². The number of carbonyl (C=O) groups excluding carboxylic acids is 4. The molecule has 0 spiro atoms. The van der Waals surface area contributed by atoms with Crippen molar-refractivity contribution in [3.63, 3.8) is 0 Å². The molecule has 0 aliphatic carbocycles. The van der Waals surface area contributed by atoms with Gasteiger partial charge in [0.15, 0.2) is 0 Å². The Morgan fingerprint density at radius 1 is 0.742 bits per heavy atom. The molecule has 4 rings (SSSR count). The SMILES string of the molecule is CC1(C)NC(=O)N(CN(CN2C(=O)NC(C)(C)C2=O)c2ccc3ccccc3c2)C1=O. The number of imide groups is 2. The van der Waals surface area contributed by atoms with Crippen LogP contribution in [0.4, 0.5) is 15.3 Å². The molecule has 0 saturated carbocycles. The van der Waals surface area contributed by atoms with Crippen LogP contribution in [-0.4, -0.2) is 58.1 Å². The zero-order chi connectivity index (χ0) is 22.6. The van der Waals surface area contributed by atoms with Gasteiger partial charge in [0.1, 0.15) is 24.4 Å². The Bertz CT molecular complexity index is 1060. The van der Waals surface area contributed by atoms with Crippen molar-refractivity contribution in [2.24, 2.45) is 0 Å². The van der Waals surface area contributed by atoms with Gasteiger partial charge >= 0.3 is 12.1 Å². The fourth-order valence-electron chi connectivity index (χ4n) is 3.82. The molecule has 9 heteroatoms. The van der Waals surface area contributed by atoms with Gasteiger partial charge < -0.3 is 15.5 Å². The van der Waals surface area contributed by atoms with E-state index in [0.29, 0.717) is 5.69 Å². The lowest BCUT2D eigenvalue weighted by molar-refractivity contribution is -0.130. The van der Waals surface area contributed by atoms with Gasteiger partial charge in [-0.1, -0.05) is 30.3 Å². The van der Waals surface area contributed by atoms with Crippen molar-refractivity contribution >= 4 is 40.3 Å². The summed E-state index contributed by atoms with van der Waals surface area (Å²) in [6.45, 7) is 6.32. The highest BCUT2D eigenvalue weighted by Crippen LogP contribution is 2.26. The van der Waals surface area contributed by atoms with Gasteiger partial charge in [0.05, 0.1) is 0 Å². The second-order valence-corrected chi connectivity index (χ2v) is 8.93. The maximum absolute atomic E-state index is 12.7. The molecule has 31 heavy (non-hydrogen) atoms.